The van der Waals surface area contributed by atoms with Gasteiger partial charge in [-0.25, -0.2) is 0 Å². The third-order valence-corrected chi connectivity index (χ3v) is 3.65. The van der Waals surface area contributed by atoms with Crippen molar-refractivity contribution < 1.29 is 0 Å². The van der Waals surface area contributed by atoms with Crippen LogP contribution in [0, 0.1) is 5.92 Å². The molecule has 1 rings (SSSR count). The quantitative estimate of drug-likeness (QED) is 0.708. The van der Waals surface area contributed by atoms with Crippen LogP contribution in [0.1, 0.15) is 32.6 Å². The molecule has 0 aromatic heterocycles. The van der Waals surface area contributed by atoms with Gasteiger partial charge in [-0.15, -0.1) is 0 Å². The van der Waals surface area contributed by atoms with Gasteiger partial charge >= 0.3 is 0 Å². The zero-order chi connectivity index (χ0) is 8.10. The Balaban J connectivity index is 2.18. The van der Waals surface area contributed by atoms with Crippen molar-refractivity contribution >= 4 is 11.8 Å². The fourth-order valence-electron chi connectivity index (χ4n) is 1.58. The third-order valence-electron chi connectivity index (χ3n) is 2.46. The van der Waals surface area contributed by atoms with Crippen LogP contribution in [0.4, 0.5) is 0 Å². The number of hydrogen-bond donors (Lipinski definition) is 1. The van der Waals surface area contributed by atoms with Crippen LogP contribution < -0.4 is 5.73 Å². The van der Waals surface area contributed by atoms with Gasteiger partial charge < -0.3 is 5.73 Å². The first-order valence-electron chi connectivity index (χ1n) is 4.68. The molecule has 11 heavy (non-hydrogen) atoms. The van der Waals surface area contributed by atoms with E-state index in [4.69, 9.17) is 5.73 Å². The molecule has 1 heterocycles. The van der Waals surface area contributed by atoms with Crippen molar-refractivity contribution in [3.63, 3.8) is 0 Å². The smallest absolute Gasteiger partial charge is 0.00828 e. The highest BCUT2D eigenvalue weighted by atomic mass is 32.2. The highest BCUT2D eigenvalue weighted by Crippen LogP contribution is 2.25. The van der Waals surface area contributed by atoms with Crippen LogP contribution in [0.25, 0.3) is 0 Å². The topological polar surface area (TPSA) is 26.0 Å². The molecule has 0 saturated carbocycles. The van der Waals surface area contributed by atoms with Gasteiger partial charge in [0, 0.05) is 6.04 Å². The van der Waals surface area contributed by atoms with Gasteiger partial charge in [0.2, 0.25) is 0 Å². The predicted molar refractivity (Wildman–Crippen MR) is 52.9 cm³/mol. The minimum Gasteiger partial charge on any atom is -0.327 e. The number of nitrogens with two attached hydrogens (primary N) is 1. The van der Waals surface area contributed by atoms with E-state index < -0.39 is 0 Å². The van der Waals surface area contributed by atoms with Crippen LogP contribution in [0.3, 0.4) is 0 Å². The number of hydrogen-bond acceptors (Lipinski definition) is 2. The zero-order valence-corrected chi connectivity index (χ0v) is 8.20. The van der Waals surface area contributed by atoms with Crippen LogP contribution in [0.5, 0.6) is 0 Å². The number of thioether (sulfide) groups is 1. The summed E-state index contributed by atoms with van der Waals surface area (Å²) in [6.45, 7) is 2.25. The van der Waals surface area contributed by atoms with E-state index in [1.165, 1.54) is 37.2 Å². The Morgan fingerprint density at radius 3 is 3.00 bits per heavy atom. The molecule has 1 saturated heterocycles. The van der Waals surface area contributed by atoms with Crippen molar-refractivity contribution in [1.29, 1.82) is 0 Å². The second-order valence-electron chi connectivity index (χ2n) is 3.43. The van der Waals surface area contributed by atoms with E-state index in [0.717, 1.165) is 5.92 Å². The van der Waals surface area contributed by atoms with Gasteiger partial charge in [0.1, 0.15) is 0 Å². The normalized spacial score (nSPS) is 32.2. The fraction of sp³-hybridized carbons (Fsp3) is 1.00. The molecular formula is C9H19NS. The van der Waals surface area contributed by atoms with Crippen LogP contribution >= 0.6 is 11.8 Å². The van der Waals surface area contributed by atoms with Gasteiger partial charge in [-0.2, -0.15) is 11.8 Å². The second kappa shape index (κ2) is 5.04. The third kappa shape index (κ3) is 3.04. The van der Waals surface area contributed by atoms with Gasteiger partial charge in [-0.1, -0.05) is 19.8 Å². The SMILES string of the molecule is CCCCC1CSCCC1N. The number of rotatable bonds is 3. The molecule has 0 amide bonds. The van der Waals surface area contributed by atoms with Gasteiger partial charge in [0.05, 0.1) is 0 Å². The van der Waals surface area contributed by atoms with E-state index in [2.05, 4.69) is 18.7 Å². The summed E-state index contributed by atoms with van der Waals surface area (Å²) in [5, 5.41) is 0. The zero-order valence-electron chi connectivity index (χ0n) is 7.38. The van der Waals surface area contributed by atoms with Gasteiger partial charge in [0.15, 0.2) is 0 Å². The molecule has 2 unspecified atom stereocenters. The average molecular weight is 173 g/mol. The maximum Gasteiger partial charge on any atom is 0.00828 e. The van der Waals surface area contributed by atoms with Gasteiger partial charge in [-0.05, 0) is 30.3 Å². The molecule has 0 radical (unpaired) electrons. The molecule has 0 bridgehead atoms. The van der Waals surface area contributed by atoms with E-state index in [9.17, 15) is 0 Å². The van der Waals surface area contributed by atoms with Gasteiger partial charge in [-0.3, -0.25) is 0 Å². The molecule has 1 aliphatic heterocycles. The molecule has 0 spiro atoms. The Kier molecular flexibility index (Phi) is 4.31. The number of unbranched alkanes of at least 4 members (excludes halogenated alkanes) is 1. The fourth-order valence-corrected chi connectivity index (χ4v) is 2.90. The lowest BCUT2D eigenvalue weighted by atomic mass is 9.94. The summed E-state index contributed by atoms with van der Waals surface area (Å²) >= 11 is 2.08. The van der Waals surface area contributed by atoms with Crippen molar-refractivity contribution in [2.45, 2.75) is 38.6 Å². The molecule has 0 aliphatic carbocycles. The van der Waals surface area contributed by atoms with Crippen LogP contribution in [-0.4, -0.2) is 17.5 Å². The van der Waals surface area contributed by atoms with Crippen LogP contribution in [-0.2, 0) is 0 Å². The minimum atomic E-state index is 0.503. The van der Waals surface area contributed by atoms with E-state index in [-0.39, 0.29) is 0 Å². The molecule has 2 heteroatoms. The molecule has 0 aromatic rings. The maximum absolute atomic E-state index is 6.01. The van der Waals surface area contributed by atoms with Gasteiger partial charge in [0.25, 0.3) is 0 Å². The highest BCUT2D eigenvalue weighted by Gasteiger charge is 2.20. The molecule has 2 N–H and O–H groups in total. The molecule has 1 nitrogen and oxygen atoms in total. The second-order valence-corrected chi connectivity index (χ2v) is 4.58. The Hall–Kier alpha value is 0.310. The minimum absolute atomic E-state index is 0.503. The molecule has 1 fully saturated rings. The van der Waals surface area contributed by atoms with E-state index in [1.807, 2.05) is 0 Å². The van der Waals surface area contributed by atoms with E-state index in [0.29, 0.717) is 6.04 Å². The average Bonchev–Trinajstić information content (AvgIpc) is 2.03. The van der Waals surface area contributed by atoms with Crippen molar-refractivity contribution in [3.05, 3.63) is 0 Å². The molecule has 2 atom stereocenters. The maximum atomic E-state index is 6.01. The summed E-state index contributed by atoms with van der Waals surface area (Å²) in [6, 6.07) is 0.503. The summed E-state index contributed by atoms with van der Waals surface area (Å²) in [7, 11) is 0. The monoisotopic (exact) mass is 173 g/mol. The van der Waals surface area contributed by atoms with Crippen molar-refractivity contribution in [2.24, 2.45) is 11.7 Å². The van der Waals surface area contributed by atoms with Crippen molar-refractivity contribution in [3.8, 4) is 0 Å². The van der Waals surface area contributed by atoms with E-state index >= 15 is 0 Å². The summed E-state index contributed by atoms with van der Waals surface area (Å²) in [4.78, 5) is 0. The standard InChI is InChI=1S/C9H19NS/c1-2-3-4-8-7-11-6-5-9(8)10/h8-9H,2-7,10H2,1H3. The Bertz CT molecular complexity index is 106. The van der Waals surface area contributed by atoms with Crippen LogP contribution in [0.15, 0.2) is 0 Å². The molecule has 1 aliphatic rings. The largest absolute Gasteiger partial charge is 0.327 e. The Labute approximate surface area is 74.1 Å². The summed E-state index contributed by atoms with van der Waals surface area (Å²) < 4.78 is 0. The first-order chi connectivity index (χ1) is 5.34. The summed E-state index contributed by atoms with van der Waals surface area (Å²) in [5.74, 6) is 3.40. The van der Waals surface area contributed by atoms with Crippen molar-refractivity contribution in [1.82, 2.24) is 0 Å². The highest BCUT2D eigenvalue weighted by molar-refractivity contribution is 7.99. The first kappa shape index (κ1) is 9.40. The van der Waals surface area contributed by atoms with Crippen LogP contribution in [0.2, 0.25) is 0 Å². The predicted octanol–water partition coefficient (Wildman–Crippen LogP) is 2.26. The first-order valence-corrected chi connectivity index (χ1v) is 5.83. The summed E-state index contributed by atoms with van der Waals surface area (Å²) in [5.41, 5.74) is 6.01. The lowest BCUT2D eigenvalue weighted by molar-refractivity contribution is 0.404. The Morgan fingerprint density at radius 2 is 2.36 bits per heavy atom. The molecule has 0 aromatic carbocycles. The lowest BCUT2D eigenvalue weighted by Gasteiger charge is -2.27. The lowest BCUT2D eigenvalue weighted by Crippen LogP contribution is -2.35. The van der Waals surface area contributed by atoms with Crippen molar-refractivity contribution in [2.75, 3.05) is 11.5 Å². The Morgan fingerprint density at radius 1 is 1.55 bits per heavy atom. The summed E-state index contributed by atoms with van der Waals surface area (Å²) in [6.07, 6.45) is 5.26. The molecular weight excluding hydrogens is 154 g/mol. The van der Waals surface area contributed by atoms with E-state index in [1.54, 1.807) is 0 Å². The molecule has 66 valence electrons.